The molecule has 0 bridgehead atoms. The molecule has 2 aliphatic rings. The second-order valence-corrected chi connectivity index (χ2v) is 6.61. The molecule has 0 amide bonds. The van der Waals surface area contributed by atoms with Crippen molar-refractivity contribution in [3.63, 3.8) is 0 Å². The summed E-state index contributed by atoms with van der Waals surface area (Å²) in [5.41, 5.74) is -0.137. The zero-order valence-corrected chi connectivity index (χ0v) is 13.7. The van der Waals surface area contributed by atoms with E-state index in [0.717, 1.165) is 5.56 Å². The Morgan fingerprint density at radius 1 is 1.35 bits per heavy atom. The first kappa shape index (κ1) is 16.3. The number of hydrogen-bond acceptors (Lipinski definition) is 3. The largest absolute Gasteiger partial charge is 0.466 e. The van der Waals surface area contributed by atoms with E-state index in [2.05, 4.69) is 0 Å². The molecule has 1 aliphatic heterocycles. The number of carbonyl (C=O) groups is 1. The van der Waals surface area contributed by atoms with Crippen molar-refractivity contribution in [2.75, 3.05) is 13.2 Å². The van der Waals surface area contributed by atoms with Crippen molar-refractivity contribution in [3.8, 4) is 0 Å². The summed E-state index contributed by atoms with van der Waals surface area (Å²) < 4.78 is 34.4. The number of rotatable bonds is 5. The zero-order valence-electron chi connectivity index (χ0n) is 12.9. The summed E-state index contributed by atoms with van der Waals surface area (Å²) >= 11 is 5.02. The van der Waals surface area contributed by atoms with Crippen molar-refractivity contribution >= 4 is 23.2 Å². The normalized spacial score (nSPS) is 24.6. The van der Waals surface area contributed by atoms with Crippen LogP contribution in [-0.2, 0) is 16.1 Å². The van der Waals surface area contributed by atoms with Gasteiger partial charge in [0.1, 0.15) is 4.99 Å². The number of thiocarbonyl (C=S) groups is 1. The Kier molecular flexibility index (Phi) is 4.12. The summed E-state index contributed by atoms with van der Waals surface area (Å²) in [6.07, 6.45) is 0.905. The van der Waals surface area contributed by atoms with Crippen molar-refractivity contribution < 1.29 is 18.3 Å². The van der Waals surface area contributed by atoms with E-state index in [4.69, 9.17) is 17.0 Å². The number of ether oxygens (including phenoxy) is 1. The fourth-order valence-corrected chi connectivity index (χ4v) is 3.63. The molecule has 0 spiro atoms. The van der Waals surface area contributed by atoms with Crippen molar-refractivity contribution in [2.45, 2.75) is 32.2 Å². The van der Waals surface area contributed by atoms with Crippen molar-refractivity contribution in [1.82, 2.24) is 4.90 Å². The topological polar surface area (TPSA) is 29.5 Å². The molecule has 0 N–H and O–H groups in total. The van der Waals surface area contributed by atoms with Gasteiger partial charge in [-0.15, -0.1) is 0 Å². The van der Waals surface area contributed by atoms with Crippen LogP contribution in [0.25, 0.3) is 0 Å². The molecule has 1 unspecified atom stereocenters. The Morgan fingerprint density at radius 3 is 2.57 bits per heavy atom. The number of esters is 1. The molecular formula is C17H19F2NO2S. The van der Waals surface area contributed by atoms with E-state index in [-0.39, 0.29) is 18.1 Å². The highest BCUT2D eigenvalue weighted by molar-refractivity contribution is 7.80. The van der Waals surface area contributed by atoms with Crippen molar-refractivity contribution in [1.29, 1.82) is 0 Å². The molecule has 124 valence electrons. The minimum atomic E-state index is -3.15. The van der Waals surface area contributed by atoms with Crippen molar-refractivity contribution in [2.24, 2.45) is 11.3 Å². The van der Waals surface area contributed by atoms with Gasteiger partial charge < -0.3 is 9.64 Å². The Morgan fingerprint density at radius 2 is 2.00 bits per heavy atom. The van der Waals surface area contributed by atoms with Gasteiger partial charge in [0.05, 0.1) is 17.9 Å². The predicted octanol–water partition coefficient (Wildman–Crippen LogP) is 3.42. The highest BCUT2D eigenvalue weighted by Gasteiger charge is 2.69. The maximum Gasteiger partial charge on any atom is 0.312 e. The number of likely N-dealkylation sites (tertiary alicyclic amines) is 1. The SMILES string of the molecule is CCOC(=O)C1(C2CN(Cc3ccccc3)C(=S)C2(F)F)CC1. The predicted molar refractivity (Wildman–Crippen MR) is 86.2 cm³/mol. The van der Waals surface area contributed by atoms with Crippen LogP contribution in [0.5, 0.6) is 0 Å². The molecule has 1 aliphatic carbocycles. The molecule has 0 aromatic heterocycles. The van der Waals surface area contributed by atoms with Gasteiger partial charge in [-0.2, -0.15) is 8.78 Å². The lowest BCUT2D eigenvalue weighted by atomic mass is 9.86. The lowest BCUT2D eigenvalue weighted by molar-refractivity contribution is -0.156. The van der Waals surface area contributed by atoms with E-state index in [1.165, 1.54) is 4.90 Å². The highest BCUT2D eigenvalue weighted by Crippen LogP contribution is 2.60. The van der Waals surface area contributed by atoms with Crippen LogP contribution in [0.3, 0.4) is 0 Å². The second kappa shape index (κ2) is 5.82. The average Bonchev–Trinajstić information content (AvgIpc) is 3.29. The molecule has 1 atom stereocenters. The second-order valence-electron chi connectivity index (χ2n) is 6.22. The van der Waals surface area contributed by atoms with E-state index in [1.54, 1.807) is 6.92 Å². The van der Waals surface area contributed by atoms with Crippen molar-refractivity contribution in [3.05, 3.63) is 35.9 Å². The molecule has 1 heterocycles. The Bertz CT molecular complexity index is 616. The highest BCUT2D eigenvalue weighted by atomic mass is 32.1. The molecule has 23 heavy (non-hydrogen) atoms. The number of halogens is 2. The van der Waals surface area contributed by atoms with Gasteiger partial charge in [0, 0.05) is 13.1 Å². The Labute approximate surface area is 139 Å². The number of nitrogens with zero attached hydrogens (tertiary/aromatic N) is 1. The zero-order chi connectivity index (χ0) is 16.7. The van der Waals surface area contributed by atoms with Gasteiger partial charge in [-0.25, -0.2) is 0 Å². The third-order valence-corrected chi connectivity index (χ3v) is 5.30. The lowest BCUT2D eigenvalue weighted by Crippen LogP contribution is -2.40. The first-order valence-corrected chi connectivity index (χ1v) is 8.21. The first-order chi connectivity index (χ1) is 10.9. The maximum atomic E-state index is 14.7. The van der Waals surface area contributed by atoms with Gasteiger partial charge in [-0.05, 0) is 25.3 Å². The van der Waals surface area contributed by atoms with Crippen LogP contribution in [0.1, 0.15) is 25.3 Å². The number of alkyl halides is 2. The molecular weight excluding hydrogens is 320 g/mol. The van der Waals surface area contributed by atoms with Gasteiger partial charge in [0.25, 0.3) is 0 Å². The molecule has 1 aromatic carbocycles. The van der Waals surface area contributed by atoms with E-state index in [1.807, 2.05) is 30.3 Å². The van der Waals surface area contributed by atoms with Crippen LogP contribution in [0.15, 0.2) is 30.3 Å². The first-order valence-electron chi connectivity index (χ1n) is 7.80. The number of benzene rings is 1. The summed E-state index contributed by atoms with van der Waals surface area (Å²) in [5.74, 6) is -4.74. The number of carbonyl (C=O) groups excluding carboxylic acids is 1. The van der Waals surface area contributed by atoms with Crippen LogP contribution >= 0.6 is 12.2 Å². The minimum absolute atomic E-state index is 0.0968. The third-order valence-electron chi connectivity index (χ3n) is 4.77. The maximum absolute atomic E-state index is 14.7. The summed E-state index contributed by atoms with van der Waals surface area (Å²) in [5, 5.41) is 0. The number of hydrogen-bond donors (Lipinski definition) is 0. The smallest absolute Gasteiger partial charge is 0.312 e. The Balaban J connectivity index is 1.81. The molecule has 1 saturated heterocycles. The summed E-state index contributed by atoms with van der Waals surface area (Å²) in [6.45, 7) is 2.33. The van der Waals surface area contributed by atoms with Crippen LogP contribution in [0.4, 0.5) is 8.78 Å². The molecule has 3 nitrogen and oxygen atoms in total. The fourth-order valence-electron chi connectivity index (χ4n) is 3.34. The minimum Gasteiger partial charge on any atom is -0.466 e. The summed E-state index contributed by atoms with van der Waals surface area (Å²) in [6, 6.07) is 9.37. The fraction of sp³-hybridized carbons (Fsp3) is 0.529. The summed E-state index contributed by atoms with van der Waals surface area (Å²) in [7, 11) is 0. The van der Waals surface area contributed by atoms with E-state index in [9.17, 15) is 13.6 Å². The standard InChI is InChI=1S/C17H19F2NO2S/c1-2-22-15(21)16(8-9-16)13-11-20(14(23)17(13,18)19)10-12-6-4-3-5-7-12/h3-7,13H,2,8-11H2,1H3. The summed E-state index contributed by atoms with van der Waals surface area (Å²) in [4.78, 5) is 13.3. The van der Waals surface area contributed by atoms with Gasteiger partial charge in [-0.1, -0.05) is 42.5 Å². The quantitative estimate of drug-likeness (QED) is 0.607. The molecule has 1 saturated carbocycles. The Hall–Kier alpha value is -1.56. The van der Waals surface area contributed by atoms with Crippen LogP contribution in [0, 0.1) is 11.3 Å². The van der Waals surface area contributed by atoms with Gasteiger partial charge in [0.2, 0.25) is 0 Å². The van der Waals surface area contributed by atoms with Gasteiger partial charge >= 0.3 is 11.9 Å². The molecule has 1 aromatic rings. The van der Waals surface area contributed by atoms with Crippen LogP contribution in [-0.4, -0.2) is 34.9 Å². The van der Waals surface area contributed by atoms with Gasteiger partial charge in [-0.3, -0.25) is 4.79 Å². The average molecular weight is 339 g/mol. The van der Waals surface area contributed by atoms with E-state index in [0.29, 0.717) is 19.4 Å². The lowest BCUT2D eigenvalue weighted by Gasteiger charge is -2.24. The molecule has 6 heteroatoms. The molecule has 2 fully saturated rings. The van der Waals surface area contributed by atoms with E-state index < -0.39 is 23.2 Å². The van der Waals surface area contributed by atoms with Gasteiger partial charge in [0.15, 0.2) is 0 Å². The van der Waals surface area contributed by atoms with Crippen LogP contribution < -0.4 is 0 Å². The van der Waals surface area contributed by atoms with Crippen LogP contribution in [0.2, 0.25) is 0 Å². The third kappa shape index (κ3) is 2.73. The molecule has 3 rings (SSSR count). The molecule has 0 radical (unpaired) electrons. The monoisotopic (exact) mass is 339 g/mol. The van der Waals surface area contributed by atoms with E-state index >= 15 is 0 Å².